The summed E-state index contributed by atoms with van der Waals surface area (Å²) in [7, 11) is 1.81. The Morgan fingerprint density at radius 3 is 2.92 bits per heavy atom. The number of carbonyl (C=O) groups is 1. The Morgan fingerprint density at radius 2 is 2.21 bits per heavy atom. The molecule has 0 radical (unpaired) electrons. The van der Waals surface area contributed by atoms with Gasteiger partial charge in [-0.25, -0.2) is 4.99 Å². The Bertz CT molecular complexity index is 679. The fourth-order valence-electron chi connectivity index (χ4n) is 3.48. The van der Waals surface area contributed by atoms with Crippen LogP contribution >= 0.6 is 27.7 Å². The highest BCUT2D eigenvalue weighted by atomic mass is 79.9. The number of ether oxygens (including phenoxy) is 1. The summed E-state index contributed by atoms with van der Waals surface area (Å²) >= 11 is 5.06. The topological polar surface area (TPSA) is 41.9 Å². The zero-order chi connectivity index (χ0) is 17.3. The van der Waals surface area contributed by atoms with Gasteiger partial charge in [-0.15, -0.1) is 0 Å². The molecular weight excluding hydrogens is 388 g/mol. The molecule has 1 spiro atoms. The Morgan fingerprint density at radius 1 is 1.42 bits per heavy atom. The molecule has 0 aromatic heterocycles. The minimum Gasteiger partial charge on any atom is -0.493 e. The summed E-state index contributed by atoms with van der Waals surface area (Å²) in [6.45, 7) is 2.92. The van der Waals surface area contributed by atoms with Crippen LogP contribution in [0.15, 0.2) is 27.7 Å². The summed E-state index contributed by atoms with van der Waals surface area (Å²) in [6, 6.07) is 5.91. The molecule has 0 aliphatic carbocycles. The average Bonchev–Trinajstić information content (AvgIpc) is 2.81. The minimum absolute atomic E-state index is 0.0445. The number of thioether (sulfide) groups is 1. The molecule has 4 nitrogen and oxygen atoms in total. The van der Waals surface area contributed by atoms with E-state index < -0.39 is 5.54 Å². The van der Waals surface area contributed by atoms with Crippen molar-refractivity contribution in [3.8, 4) is 5.75 Å². The monoisotopic (exact) mass is 410 g/mol. The number of likely N-dealkylation sites (N-methyl/N-ethyl adjacent to an activating group) is 1. The zero-order valence-corrected chi connectivity index (χ0v) is 16.7. The van der Waals surface area contributed by atoms with Crippen LogP contribution in [0.4, 0.5) is 0 Å². The van der Waals surface area contributed by atoms with Gasteiger partial charge in [0, 0.05) is 17.1 Å². The van der Waals surface area contributed by atoms with Gasteiger partial charge in [-0.1, -0.05) is 41.0 Å². The molecule has 2 aliphatic heterocycles. The van der Waals surface area contributed by atoms with Crippen molar-refractivity contribution in [1.82, 2.24) is 4.90 Å². The molecule has 0 N–H and O–H groups in total. The molecule has 2 atom stereocenters. The van der Waals surface area contributed by atoms with Crippen LogP contribution in [0.5, 0.6) is 5.75 Å². The highest BCUT2D eigenvalue weighted by Gasteiger charge is 2.49. The summed E-state index contributed by atoms with van der Waals surface area (Å²) in [6.07, 6.45) is 5.79. The first kappa shape index (κ1) is 17.8. The van der Waals surface area contributed by atoms with E-state index in [1.807, 2.05) is 31.5 Å². The fourth-order valence-corrected chi connectivity index (χ4v) is 4.44. The molecule has 1 amide bonds. The maximum Gasteiger partial charge on any atom is 0.261 e. The lowest BCUT2D eigenvalue weighted by atomic mass is 9.82. The van der Waals surface area contributed by atoms with E-state index in [0.29, 0.717) is 12.5 Å². The zero-order valence-electron chi connectivity index (χ0n) is 14.3. The van der Waals surface area contributed by atoms with E-state index in [4.69, 9.17) is 9.73 Å². The molecule has 2 unspecified atom stereocenters. The lowest BCUT2D eigenvalue weighted by molar-refractivity contribution is -0.130. The number of halogens is 1. The van der Waals surface area contributed by atoms with Crippen LogP contribution in [0.3, 0.4) is 0 Å². The van der Waals surface area contributed by atoms with E-state index >= 15 is 0 Å². The van der Waals surface area contributed by atoms with Crippen LogP contribution in [0.2, 0.25) is 0 Å². The molecule has 1 aromatic rings. The SMILES string of the molecule is CSC1=NC2(CCCC(C)CCOc3ccc(Br)cc32)C(=O)N1C. The first-order chi connectivity index (χ1) is 11.5. The number of amidine groups is 1. The average molecular weight is 411 g/mol. The van der Waals surface area contributed by atoms with E-state index in [1.54, 1.807) is 4.90 Å². The van der Waals surface area contributed by atoms with Crippen LogP contribution in [0.25, 0.3) is 0 Å². The maximum absolute atomic E-state index is 13.2. The number of nitrogens with zero attached hydrogens (tertiary/aromatic N) is 2. The van der Waals surface area contributed by atoms with Gasteiger partial charge in [0.05, 0.1) is 6.61 Å². The molecule has 6 heteroatoms. The van der Waals surface area contributed by atoms with Crippen molar-refractivity contribution in [3.63, 3.8) is 0 Å². The second-order valence-electron chi connectivity index (χ2n) is 6.60. The predicted molar refractivity (Wildman–Crippen MR) is 103 cm³/mol. The smallest absolute Gasteiger partial charge is 0.261 e. The van der Waals surface area contributed by atoms with Gasteiger partial charge in [-0.2, -0.15) is 0 Å². The van der Waals surface area contributed by atoms with Gasteiger partial charge in [0.25, 0.3) is 5.91 Å². The summed E-state index contributed by atoms with van der Waals surface area (Å²) in [5.41, 5.74) is 0.0239. The molecule has 0 saturated heterocycles. The maximum atomic E-state index is 13.2. The van der Waals surface area contributed by atoms with Gasteiger partial charge in [0.2, 0.25) is 0 Å². The molecule has 3 rings (SSSR count). The van der Waals surface area contributed by atoms with E-state index in [2.05, 4.69) is 22.9 Å². The summed E-state index contributed by atoms with van der Waals surface area (Å²) in [5, 5.41) is 0.774. The van der Waals surface area contributed by atoms with Crippen LogP contribution in [-0.4, -0.2) is 35.9 Å². The first-order valence-corrected chi connectivity index (χ1v) is 10.3. The lowest BCUT2D eigenvalue weighted by Crippen LogP contribution is -2.39. The summed E-state index contributed by atoms with van der Waals surface area (Å²) in [4.78, 5) is 19.8. The van der Waals surface area contributed by atoms with Crippen LogP contribution in [0, 0.1) is 5.92 Å². The van der Waals surface area contributed by atoms with Crippen molar-refractivity contribution in [3.05, 3.63) is 28.2 Å². The van der Waals surface area contributed by atoms with E-state index in [-0.39, 0.29) is 5.91 Å². The molecule has 0 saturated carbocycles. The fraction of sp³-hybridized carbons (Fsp3) is 0.556. The Kier molecular flexibility index (Phi) is 5.25. The standard InChI is InChI=1S/C18H23BrN2O2S/c1-12-5-4-9-18(16(22)21(2)17(20-18)24-3)14-11-13(19)6-7-15(14)23-10-8-12/h6-7,11-12H,4-5,8-10H2,1-3H3. The van der Waals surface area contributed by atoms with Crippen molar-refractivity contribution in [2.24, 2.45) is 10.9 Å². The summed E-state index contributed by atoms with van der Waals surface area (Å²) < 4.78 is 7.00. The highest BCUT2D eigenvalue weighted by molar-refractivity contribution is 9.10. The van der Waals surface area contributed by atoms with Gasteiger partial charge < -0.3 is 4.74 Å². The van der Waals surface area contributed by atoms with Crippen molar-refractivity contribution in [2.45, 2.75) is 38.1 Å². The van der Waals surface area contributed by atoms with Gasteiger partial charge in [0.15, 0.2) is 10.7 Å². The van der Waals surface area contributed by atoms with Crippen LogP contribution in [-0.2, 0) is 10.3 Å². The molecular formula is C18H23BrN2O2S. The van der Waals surface area contributed by atoms with E-state index in [9.17, 15) is 4.79 Å². The third-order valence-electron chi connectivity index (χ3n) is 4.91. The third-order valence-corrected chi connectivity index (χ3v) is 6.13. The Balaban J connectivity index is 2.15. The second kappa shape index (κ2) is 7.08. The first-order valence-electron chi connectivity index (χ1n) is 8.33. The summed E-state index contributed by atoms with van der Waals surface area (Å²) in [5.74, 6) is 1.42. The van der Waals surface area contributed by atoms with Gasteiger partial charge in [-0.05, 0) is 49.6 Å². The number of amides is 1. The van der Waals surface area contributed by atoms with Crippen LogP contribution < -0.4 is 4.74 Å². The quantitative estimate of drug-likeness (QED) is 0.635. The molecule has 0 bridgehead atoms. The third kappa shape index (κ3) is 3.10. The number of hydrogen-bond donors (Lipinski definition) is 0. The van der Waals surface area contributed by atoms with Gasteiger partial charge in [-0.3, -0.25) is 9.69 Å². The number of rotatable bonds is 0. The van der Waals surface area contributed by atoms with Crippen molar-refractivity contribution in [2.75, 3.05) is 19.9 Å². The normalized spacial score (nSPS) is 27.7. The predicted octanol–water partition coefficient (Wildman–Crippen LogP) is 4.42. The molecule has 24 heavy (non-hydrogen) atoms. The van der Waals surface area contributed by atoms with Crippen molar-refractivity contribution in [1.29, 1.82) is 0 Å². The molecule has 2 heterocycles. The number of carbonyl (C=O) groups excluding carboxylic acids is 1. The van der Waals surface area contributed by atoms with Gasteiger partial charge >= 0.3 is 0 Å². The molecule has 2 aliphatic rings. The molecule has 1 aromatic carbocycles. The lowest BCUT2D eigenvalue weighted by Gasteiger charge is -2.29. The minimum atomic E-state index is -0.858. The number of benzene rings is 1. The second-order valence-corrected chi connectivity index (χ2v) is 8.29. The Labute approximate surface area is 156 Å². The van der Waals surface area contributed by atoms with Gasteiger partial charge in [0.1, 0.15) is 5.75 Å². The molecule has 0 fully saturated rings. The Hall–Kier alpha value is -1.01. The number of hydrogen-bond acceptors (Lipinski definition) is 4. The van der Waals surface area contributed by atoms with E-state index in [0.717, 1.165) is 46.6 Å². The van der Waals surface area contributed by atoms with Crippen LogP contribution in [0.1, 0.15) is 38.2 Å². The van der Waals surface area contributed by atoms with E-state index in [1.165, 1.54) is 11.8 Å². The van der Waals surface area contributed by atoms with Crippen molar-refractivity contribution >= 4 is 38.8 Å². The largest absolute Gasteiger partial charge is 0.493 e. The molecule has 130 valence electrons. The number of aliphatic imine (C=N–C) groups is 1. The van der Waals surface area contributed by atoms with Crippen molar-refractivity contribution < 1.29 is 9.53 Å². The number of fused-ring (bicyclic) bond motifs is 2. The highest BCUT2D eigenvalue weighted by Crippen LogP contribution is 2.45.